The summed E-state index contributed by atoms with van der Waals surface area (Å²) in [4.78, 5) is 39.5. The second-order valence-electron chi connectivity index (χ2n) is 11.8. The van der Waals surface area contributed by atoms with Crippen LogP contribution in [0.3, 0.4) is 0 Å². The fraction of sp³-hybridized carbons (Fsp3) is 0.333. The molecule has 2 N–H and O–H groups in total. The summed E-state index contributed by atoms with van der Waals surface area (Å²) in [5.41, 5.74) is 2.90. The number of nitrogens with one attached hydrogen (secondary N) is 2. The maximum Gasteiger partial charge on any atom is 0.293 e. The molecule has 1 amide bonds. The Bertz CT molecular complexity index is 1650. The molecule has 5 rings (SSSR count). The van der Waals surface area contributed by atoms with Crippen LogP contribution in [0.1, 0.15) is 43.7 Å². The van der Waals surface area contributed by atoms with Gasteiger partial charge in [0.1, 0.15) is 0 Å². The molecular formula is C33H38FN7O2. The van der Waals surface area contributed by atoms with Crippen molar-refractivity contribution in [2.24, 2.45) is 7.05 Å². The Hall–Kier alpha value is -4.57. The van der Waals surface area contributed by atoms with E-state index >= 15 is 4.39 Å². The molecule has 1 fully saturated rings. The highest BCUT2D eigenvalue weighted by molar-refractivity contribution is 6.04. The van der Waals surface area contributed by atoms with E-state index < -0.39 is 11.7 Å². The number of rotatable bonds is 7. The maximum absolute atomic E-state index is 15.7. The first kappa shape index (κ1) is 29.9. The standard InChI is InChI=1S/C33H38FN7O2/c1-6-40-16-18-41(19-17-40)24-13-11-23(12-14-24)36-30-32(43)39(5)21-27(37-30)25-8-7-9-26(29(25)34)38-31(42)22-10-15-28(35-20-22)33(2,3)4/h7-15,20-21H,6,16-19H2,1-5H3,(H,36,37)(H,38,42). The van der Waals surface area contributed by atoms with Crippen LogP contribution in [0.15, 0.2) is 71.8 Å². The van der Waals surface area contributed by atoms with Gasteiger partial charge in [-0.1, -0.05) is 33.8 Å². The van der Waals surface area contributed by atoms with Crippen molar-refractivity contribution in [2.45, 2.75) is 33.1 Å². The van der Waals surface area contributed by atoms with Gasteiger partial charge in [-0.2, -0.15) is 0 Å². The fourth-order valence-corrected chi connectivity index (χ4v) is 5.02. The van der Waals surface area contributed by atoms with E-state index in [1.807, 2.05) is 45.0 Å². The first-order valence-electron chi connectivity index (χ1n) is 14.5. The minimum atomic E-state index is -0.653. The molecule has 0 spiro atoms. The van der Waals surface area contributed by atoms with Gasteiger partial charge in [0, 0.05) is 73.7 Å². The Morgan fingerprint density at radius 2 is 1.72 bits per heavy atom. The van der Waals surface area contributed by atoms with Crippen LogP contribution in [0.25, 0.3) is 11.3 Å². The first-order valence-corrected chi connectivity index (χ1v) is 14.5. The molecule has 43 heavy (non-hydrogen) atoms. The molecule has 0 radical (unpaired) electrons. The Labute approximate surface area is 251 Å². The number of aryl methyl sites for hydroxylation is 1. The molecule has 0 atom stereocenters. The SMILES string of the molecule is CCN1CCN(c2ccc(Nc3nc(-c4cccc(NC(=O)c5ccc(C(C)(C)C)nc5)c4F)cn(C)c3=O)cc2)CC1. The van der Waals surface area contributed by atoms with Gasteiger partial charge >= 0.3 is 0 Å². The summed E-state index contributed by atoms with van der Waals surface area (Å²) in [5, 5.41) is 5.74. The molecule has 10 heteroatoms. The average Bonchev–Trinajstić information content (AvgIpc) is 3.00. The monoisotopic (exact) mass is 583 g/mol. The summed E-state index contributed by atoms with van der Waals surface area (Å²) in [6.45, 7) is 13.4. The number of piperazine rings is 1. The molecule has 224 valence electrons. The molecule has 4 aromatic rings. The van der Waals surface area contributed by atoms with Crippen LogP contribution in [0.2, 0.25) is 0 Å². The van der Waals surface area contributed by atoms with Crippen LogP contribution in [-0.4, -0.2) is 58.1 Å². The number of hydrogen-bond acceptors (Lipinski definition) is 7. The third-order valence-corrected chi connectivity index (χ3v) is 7.70. The fourth-order valence-electron chi connectivity index (χ4n) is 5.02. The van der Waals surface area contributed by atoms with Gasteiger partial charge < -0.3 is 25.0 Å². The van der Waals surface area contributed by atoms with E-state index in [-0.39, 0.29) is 33.7 Å². The van der Waals surface area contributed by atoms with Crippen molar-refractivity contribution in [3.63, 3.8) is 0 Å². The van der Waals surface area contributed by atoms with Crippen LogP contribution in [-0.2, 0) is 12.5 Å². The summed E-state index contributed by atoms with van der Waals surface area (Å²) >= 11 is 0. The number of pyridine rings is 1. The van der Waals surface area contributed by atoms with Gasteiger partial charge in [0.15, 0.2) is 11.6 Å². The Morgan fingerprint density at radius 1 is 1.00 bits per heavy atom. The average molecular weight is 584 g/mol. The maximum atomic E-state index is 15.7. The Morgan fingerprint density at radius 3 is 2.35 bits per heavy atom. The van der Waals surface area contributed by atoms with Crippen molar-refractivity contribution >= 4 is 28.8 Å². The van der Waals surface area contributed by atoms with Gasteiger partial charge in [-0.25, -0.2) is 9.37 Å². The van der Waals surface area contributed by atoms with Crippen molar-refractivity contribution in [3.05, 3.63) is 94.4 Å². The van der Waals surface area contributed by atoms with E-state index in [1.54, 1.807) is 31.3 Å². The van der Waals surface area contributed by atoms with Crippen LogP contribution in [0, 0.1) is 5.82 Å². The van der Waals surface area contributed by atoms with E-state index in [0.717, 1.165) is 44.1 Å². The number of nitrogens with zero attached hydrogens (tertiary/aromatic N) is 5. The zero-order chi connectivity index (χ0) is 30.7. The lowest BCUT2D eigenvalue weighted by molar-refractivity contribution is 0.102. The number of carbonyl (C=O) groups is 1. The summed E-state index contributed by atoms with van der Waals surface area (Å²) in [6, 6.07) is 16.0. The highest BCUT2D eigenvalue weighted by atomic mass is 19.1. The van der Waals surface area contributed by atoms with Gasteiger partial charge in [-0.15, -0.1) is 0 Å². The van der Waals surface area contributed by atoms with Gasteiger partial charge in [0.05, 0.1) is 16.9 Å². The lowest BCUT2D eigenvalue weighted by Crippen LogP contribution is -2.46. The molecule has 1 aliphatic heterocycles. The number of benzene rings is 2. The van der Waals surface area contributed by atoms with Crippen molar-refractivity contribution in [1.82, 2.24) is 19.4 Å². The normalized spacial score (nSPS) is 14.0. The number of halogens is 1. The number of amides is 1. The minimum absolute atomic E-state index is 0.00270. The largest absolute Gasteiger partial charge is 0.369 e. The van der Waals surface area contributed by atoms with Crippen molar-refractivity contribution in [2.75, 3.05) is 48.3 Å². The Balaban J connectivity index is 1.34. The van der Waals surface area contributed by atoms with Crippen LogP contribution in [0.4, 0.5) is 27.3 Å². The van der Waals surface area contributed by atoms with Crippen LogP contribution in [0.5, 0.6) is 0 Å². The minimum Gasteiger partial charge on any atom is -0.369 e. The molecule has 0 unspecified atom stereocenters. The predicted octanol–water partition coefficient (Wildman–Crippen LogP) is 5.42. The number of hydrogen-bond donors (Lipinski definition) is 2. The summed E-state index contributed by atoms with van der Waals surface area (Å²) in [5.74, 6) is -1.06. The number of carbonyl (C=O) groups excluding carboxylic acids is 1. The molecule has 9 nitrogen and oxygen atoms in total. The van der Waals surface area contributed by atoms with Gasteiger partial charge in [0.2, 0.25) is 0 Å². The van der Waals surface area contributed by atoms with Crippen LogP contribution < -0.4 is 21.1 Å². The Kier molecular flexibility index (Phi) is 8.59. The summed E-state index contributed by atoms with van der Waals surface area (Å²) < 4.78 is 17.1. The zero-order valence-corrected chi connectivity index (χ0v) is 25.3. The molecule has 2 aromatic heterocycles. The topological polar surface area (TPSA) is 95.4 Å². The van der Waals surface area contributed by atoms with E-state index in [2.05, 4.69) is 37.3 Å². The van der Waals surface area contributed by atoms with Gasteiger partial charge in [-0.3, -0.25) is 14.6 Å². The first-order chi connectivity index (χ1) is 20.5. The smallest absolute Gasteiger partial charge is 0.293 e. The lowest BCUT2D eigenvalue weighted by Gasteiger charge is -2.35. The second-order valence-corrected chi connectivity index (χ2v) is 11.8. The van der Waals surface area contributed by atoms with Crippen molar-refractivity contribution in [1.29, 1.82) is 0 Å². The summed E-state index contributed by atoms with van der Waals surface area (Å²) in [6.07, 6.45) is 2.97. The van der Waals surface area contributed by atoms with E-state index in [0.29, 0.717) is 11.3 Å². The highest BCUT2D eigenvalue weighted by Crippen LogP contribution is 2.28. The van der Waals surface area contributed by atoms with Gasteiger partial charge in [-0.05, 0) is 55.1 Å². The quantitative estimate of drug-likeness (QED) is 0.300. The molecule has 0 saturated carbocycles. The lowest BCUT2D eigenvalue weighted by atomic mass is 9.91. The third kappa shape index (κ3) is 6.75. The molecule has 0 aliphatic carbocycles. The van der Waals surface area contributed by atoms with E-state index in [1.165, 1.54) is 23.0 Å². The zero-order valence-electron chi connectivity index (χ0n) is 25.3. The van der Waals surface area contributed by atoms with Crippen molar-refractivity contribution < 1.29 is 9.18 Å². The molecule has 3 heterocycles. The third-order valence-electron chi connectivity index (χ3n) is 7.70. The number of likely N-dealkylation sites (N-methyl/N-ethyl adjacent to an activating group) is 1. The van der Waals surface area contributed by atoms with Crippen molar-refractivity contribution in [3.8, 4) is 11.3 Å². The molecule has 1 aliphatic rings. The number of anilines is 4. The summed E-state index contributed by atoms with van der Waals surface area (Å²) in [7, 11) is 1.59. The molecule has 2 aromatic carbocycles. The van der Waals surface area contributed by atoms with Gasteiger partial charge in [0.25, 0.3) is 11.5 Å². The number of aromatic nitrogens is 3. The molecular weight excluding hydrogens is 545 g/mol. The highest BCUT2D eigenvalue weighted by Gasteiger charge is 2.19. The second kappa shape index (κ2) is 12.3. The molecule has 0 bridgehead atoms. The molecule has 1 saturated heterocycles. The predicted molar refractivity (Wildman–Crippen MR) is 170 cm³/mol. The van der Waals surface area contributed by atoms with E-state index in [4.69, 9.17) is 0 Å². The van der Waals surface area contributed by atoms with E-state index in [9.17, 15) is 9.59 Å². The van der Waals surface area contributed by atoms with Crippen LogP contribution >= 0.6 is 0 Å².